The lowest BCUT2D eigenvalue weighted by atomic mass is 10.2. The van der Waals surface area contributed by atoms with E-state index < -0.39 is 29.6 Å². The summed E-state index contributed by atoms with van der Waals surface area (Å²) in [6.45, 7) is 1.64. The zero-order valence-electron chi connectivity index (χ0n) is 15.8. The van der Waals surface area contributed by atoms with E-state index in [4.69, 9.17) is 27.9 Å². The van der Waals surface area contributed by atoms with Gasteiger partial charge in [-0.15, -0.1) is 22.7 Å². The summed E-state index contributed by atoms with van der Waals surface area (Å²) in [5, 5.41) is 4.26. The fourth-order valence-electron chi connectivity index (χ4n) is 2.95. The van der Waals surface area contributed by atoms with Crippen LogP contribution in [0.25, 0.3) is 20.2 Å². The number of halogens is 4. The smallest absolute Gasteiger partial charge is 0.350 e. The lowest BCUT2D eigenvalue weighted by Gasteiger charge is -2.13. The van der Waals surface area contributed by atoms with Gasteiger partial charge in [0, 0.05) is 20.2 Å². The average Bonchev–Trinajstić information content (AvgIpc) is 3.22. The number of rotatable bonds is 5. The standard InChI is InChI=1S/C21H13Cl2F2NO3S2/c1-9(29-21(28)19-17(23)13-5-3-11(25)7-15(13)31-19)8-26-20(27)18-16(22)12-4-2-10(24)6-14(12)30-18/h2-7,9H,8H2,1H3,(H,26,27)/t9-/m0/s1. The molecule has 1 N–H and O–H groups in total. The molecule has 160 valence electrons. The molecule has 4 nitrogen and oxygen atoms in total. The maximum atomic E-state index is 13.4. The second kappa shape index (κ2) is 8.70. The molecule has 1 amide bonds. The molecule has 2 aromatic heterocycles. The number of carbonyl (C=O) groups is 2. The number of hydrogen-bond acceptors (Lipinski definition) is 5. The molecule has 10 heteroatoms. The van der Waals surface area contributed by atoms with Crippen LogP contribution in [0, 0.1) is 11.6 Å². The third-order valence-electron chi connectivity index (χ3n) is 4.43. The molecule has 0 fully saturated rings. The molecule has 0 saturated carbocycles. The van der Waals surface area contributed by atoms with Crippen molar-refractivity contribution < 1.29 is 23.1 Å². The second-order valence-electron chi connectivity index (χ2n) is 6.70. The number of nitrogens with one attached hydrogen (secondary N) is 1. The Morgan fingerprint density at radius 2 is 1.48 bits per heavy atom. The second-order valence-corrected chi connectivity index (χ2v) is 9.56. The van der Waals surface area contributed by atoms with E-state index >= 15 is 0 Å². The van der Waals surface area contributed by atoms with Crippen LogP contribution in [0.2, 0.25) is 10.0 Å². The fraction of sp³-hybridized carbons (Fsp3) is 0.143. The van der Waals surface area contributed by atoms with Crippen molar-refractivity contribution >= 4 is 77.9 Å². The van der Waals surface area contributed by atoms with E-state index in [-0.39, 0.29) is 26.3 Å². The quantitative estimate of drug-likeness (QED) is 0.311. The lowest BCUT2D eigenvalue weighted by molar-refractivity contribution is 0.0344. The van der Waals surface area contributed by atoms with Gasteiger partial charge in [0.2, 0.25) is 0 Å². The summed E-state index contributed by atoms with van der Waals surface area (Å²) in [6, 6.07) is 8.18. The van der Waals surface area contributed by atoms with Crippen LogP contribution in [-0.4, -0.2) is 24.5 Å². The van der Waals surface area contributed by atoms with Crippen molar-refractivity contribution in [3.63, 3.8) is 0 Å². The third-order valence-corrected chi connectivity index (χ3v) is 7.73. The molecule has 4 rings (SSSR count). The first-order chi connectivity index (χ1) is 14.7. The number of benzene rings is 2. The summed E-state index contributed by atoms with van der Waals surface area (Å²) in [5.41, 5.74) is 0. The van der Waals surface area contributed by atoms with Gasteiger partial charge in [-0.25, -0.2) is 13.6 Å². The summed E-state index contributed by atoms with van der Waals surface area (Å²) >= 11 is 14.6. The third kappa shape index (κ3) is 4.39. The van der Waals surface area contributed by atoms with E-state index in [2.05, 4.69) is 5.32 Å². The summed E-state index contributed by atoms with van der Waals surface area (Å²) in [5.74, 6) is -1.96. The number of esters is 1. The number of carbonyl (C=O) groups excluding carboxylic acids is 2. The van der Waals surface area contributed by atoms with Gasteiger partial charge < -0.3 is 10.1 Å². The van der Waals surface area contributed by atoms with E-state index in [1.54, 1.807) is 6.92 Å². The minimum atomic E-state index is -0.667. The molecule has 0 spiro atoms. The maximum absolute atomic E-state index is 13.4. The first-order valence-electron chi connectivity index (χ1n) is 8.99. The number of ether oxygens (including phenoxy) is 1. The van der Waals surface area contributed by atoms with Gasteiger partial charge in [-0.3, -0.25) is 4.79 Å². The molecule has 31 heavy (non-hydrogen) atoms. The highest BCUT2D eigenvalue weighted by molar-refractivity contribution is 7.22. The van der Waals surface area contributed by atoms with Crippen molar-refractivity contribution in [3.05, 3.63) is 67.8 Å². The molecule has 0 bridgehead atoms. The largest absolute Gasteiger partial charge is 0.457 e. The van der Waals surface area contributed by atoms with Crippen LogP contribution in [0.5, 0.6) is 0 Å². The summed E-state index contributed by atoms with van der Waals surface area (Å²) in [4.78, 5) is 25.4. The molecule has 0 radical (unpaired) electrons. The van der Waals surface area contributed by atoms with E-state index in [0.29, 0.717) is 20.2 Å². The predicted molar refractivity (Wildman–Crippen MR) is 121 cm³/mol. The van der Waals surface area contributed by atoms with Gasteiger partial charge in [-0.2, -0.15) is 0 Å². The highest BCUT2D eigenvalue weighted by Gasteiger charge is 2.22. The zero-order valence-corrected chi connectivity index (χ0v) is 18.9. The fourth-order valence-corrected chi connectivity index (χ4v) is 5.82. The van der Waals surface area contributed by atoms with Gasteiger partial charge in [-0.05, 0) is 43.3 Å². The van der Waals surface area contributed by atoms with Gasteiger partial charge in [0.1, 0.15) is 27.5 Å². The highest BCUT2D eigenvalue weighted by atomic mass is 35.5. The van der Waals surface area contributed by atoms with E-state index in [9.17, 15) is 18.4 Å². The van der Waals surface area contributed by atoms with Crippen molar-refractivity contribution in [2.24, 2.45) is 0 Å². The summed E-state index contributed by atoms with van der Waals surface area (Å²) < 4.78 is 33.3. The Hall–Kier alpha value is -2.26. The molecular formula is C21H13Cl2F2NO3S2. The summed E-state index contributed by atoms with van der Waals surface area (Å²) in [7, 11) is 0. The van der Waals surface area contributed by atoms with Crippen LogP contribution in [0.4, 0.5) is 8.78 Å². The number of thiophene rings is 2. The van der Waals surface area contributed by atoms with Crippen LogP contribution < -0.4 is 5.32 Å². The van der Waals surface area contributed by atoms with Gasteiger partial charge in [0.25, 0.3) is 5.91 Å². The zero-order chi connectivity index (χ0) is 22.3. The minimum Gasteiger partial charge on any atom is -0.457 e. The monoisotopic (exact) mass is 499 g/mol. The van der Waals surface area contributed by atoms with Gasteiger partial charge in [0.15, 0.2) is 0 Å². The molecule has 2 heterocycles. The summed E-state index contributed by atoms with van der Waals surface area (Å²) in [6.07, 6.45) is -0.667. The first kappa shape index (κ1) is 22.0. The van der Waals surface area contributed by atoms with Crippen molar-refractivity contribution in [3.8, 4) is 0 Å². The number of amides is 1. The highest BCUT2D eigenvalue weighted by Crippen LogP contribution is 2.37. The van der Waals surface area contributed by atoms with Gasteiger partial charge >= 0.3 is 5.97 Å². The Balaban J connectivity index is 1.42. The Kier molecular flexibility index (Phi) is 6.16. The molecule has 2 aromatic carbocycles. The average molecular weight is 500 g/mol. The molecule has 0 aliphatic carbocycles. The van der Waals surface area contributed by atoms with Crippen molar-refractivity contribution in [1.82, 2.24) is 5.32 Å². The van der Waals surface area contributed by atoms with Gasteiger partial charge in [0.05, 0.1) is 16.6 Å². The first-order valence-corrected chi connectivity index (χ1v) is 11.4. The van der Waals surface area contributed by atoms with E-state index in [1.807, 2.05) is 0 Å². The molecule has 1 atom stereocenters. The molecule has 0 saturated heterocycles. The number of fused-ring (bicyclic) bond motifs is 2. The SMILES string of the molecule is C[C@@H](CNC(=O)c1sc2cc(F)ccc2c1Cl)OC(=O)c1sc2cc(F)ccc2c1Cl. The van der Waals surface area contributed by atoms with Crippen LogP contribution in [-0.2, 0) is 4.74 Å². The molecule has 0 aliphatic rings. The van der Waals surface area contributed by atoms with Gasteiger partial charge in [-0.1, -0.05) is 23.2 Å². The van der Waals surface area contributed by atoms with Crippen LogP contribution in [0.15, 0.2) is 36.4 Å². The van der Waals surface area contributed by atoms with Crippen LogP contribution in [0.3, 0.4) is 0 Å². The van der Waals surface area contributed by atoms with E-state index in [1.165, 1.54) is 36.4 Å². The van der Waals surface area contributed by atoms with Crippen LogP contribution in [0.1, 0.15) is 26.3 Å². The molecule has 0 unspecified atom stereocenters. The number of hydrogen-bond donors (Lipinski definition) is 1. The van der Waals surface area contributed by atoms with Crippen LogP contribution >= 0.6 is 45.9 Å². The Bertz CT molecular complexity index is 1340. The Morgan fingerprint density at radius 1 is 0.968 bits per heavy atom. The van der Waals surface area contributed by atoms with E-state index in [0.717, 1.165) is 22.7 Å². The lowest BCUT2D eigenvalue weighted by Crippen LogP contribution is -2.33. The normalized spacial score (nSPS) is 12.3. The van der Waals surface area contributed by atoms with Crippen molar-refractivity contribution in [2.45, 2.75) is 13.0 Å². The molecule has 0 aliphatic heterocycles. The maximum Gasteiger partial charge on any atom is 0.350 e. The van der Waals surface area contributed by atoms with Crippen molar-refractivity contribution in [2.75, 3.05) is 6.54 Å². The molecule has 4 aromatic rings. The Morgan fingerprint density at radius 3 is 2.06 bits per heavy atom. The predicted octanol–water partition coefficient (Wildman–Crippen LogP) is 6.68. The molecular weight excluding hydrogens is 487 g/mol. The van der Waals surface area contributed by atoms with Crippen molar-refractivity contribution in [1.29, 1.82) is 0 Å². The Labute approximate surface area is 193 Å². The topological polar surface area (TPSA) is 55.4 Å². The minimum absolute atomic E-state index is 0.0284.